The Bertz CT molecular complexity index is 301. The Balaban J connectivity index is 2.80. The molecule has 2 unspecified atom stereocenters. The van der Waals surface area contributed by atoms with Crippen LogP contribution in [0.25, 0.3) is 0 Å². The van der Waals surface area contributed by atoms with Crippen LogP contribution in [0, 0.1) is 5.92 Å². The van der Waals surface area contributed by atoms with Crippen LogP contribution in [0.5, 0.6) is 0 Å². The summed E-state index contributed by atoms with van der Waals surface area (Å²) in [4.78, 5) is 0. The minimum Gasteiger partial charge on any atom is -0.330 e. The van der Waals surface area contributed by atoms with Crippen molar-refractivity contribution in [3.05, 3.63) is 0 Å². The molecule has 1 aliphatic rings. The SMILES string of the molecule is CC(C)S(=O)(=O)N(C)C1CCCC1CN. The van der Waals surface area contributed by atoms with Gasteiger partial charge in [-0.3, -0.25) is 0 Å². The largest absolute Gasteiger partial charge is 0.330 e. The molecule has 0 bridgehead atoms. The second-order valence-electron chi connectivity index (χ2n) is 4.60. The van der Waals surface area contributed by atoms with Gasteiger partial charge in [0.15, 0.2) is 0 Å². The zero-order valence-corrected chi connectivity index (χ0v) is 10.6. The van der Waals surface area contributed by atoms with E-state index in [1.807, 2.05) is 0 Å². The lowest BCUT2D eigenvalue weighted by Gasteiger charge is -2.29. The fraction of sp³-hybridized carbons (Fsp3) is 1.00. The van der Waals surface area contributed by atoms with Gasteiger partial charge in [-0.2, -0.15) is 0 Å². The number of nitrogens with two attached hydrogens (primary N) is 1. The molecule has 0 aromatic rings. The fourth-order valence-corrected chi connectivity index (χ4v) is 3.61. The van der Waals surface area contributed by atoms with Gasteiger partial charge in [0.2, 0.25) is 10.0 Å². The summed E-state index contributed by atoms with van der Waals surface area (Å²) >= 11 is 0. The Morgan fingerprint density at radius 2 is 2.00 bits per heavy atom. The van der Waals surface area contributed by atoms with E-state index in [9.17, 15) is 8.42 Å². The molecule has 15 heavy (non-hydrogen) atoms. The van der Waals surface area contributed by atoms with Gasteiger partial charge in [-0.1, -0.05) is 6.42 Å². The van der Waals surface area contributed by atoms with Gasteiger partial charge in [0.05, 0.1) is 5.25 Å². The van der Waals surface area contributed by atoms with Gasteiger partial charge in [-0.15, -0.1) is 0 Å². The smallest absolute Gasteiger partial charge is 0.216 e. The van der Waals surface area contributed by atoms with E-state index in [-0.39, 0.29) is 11.3 Å². The molecular formula is C10H22N2O2S. The first-order valence-electron chi connectivity index (χ1n) is 5.58. The first-order chi connectivity index (χ1) is 6.91. The molecule has 1 fully saturated rings. The zero-order valence-electron chi connectivity index (χ0n) is 9.81. The van der Waals surface area contributed by atoms with E-state index in [1.54, 1.807) is 25.2 Å². The van der Waals surface area contributed by atoms with E-state index in [1.165, 1.54) is 0 Å². The quantitative estimate of drug-likeness (QED) is 0.782. The first-order valence-corrected chi connectivity index (χ1v) is 7.08. The van der Waals surface area contributed by atoms with Crippen LogP contribution >= 0.6 is 0 Å². The van der Waals surface area contributed by atoms with Crippen molar-refractivity contribution in [2.45, 2.75) is 44.4 Å². The third-order valence-corrected chi connectivity index (χ3v) is 5.65. The highest BCUT2D eigenvalue weighted by atomic mass is 32.2. The number of hydrogen-bond acceptors (Lipinski definition) is 3. The lowest BCUT2D eigenvalue weighted by Crippen LogP contribution is -2.44. The van der Waals surface area contributed by atoms with Crippen molar-refractivity contribution in [3.8, 4) is 0 Å². The number of hydrogen-bond donors (Lipinski definition) is 1. The fourth-order valence-electron chi connectivity index (χ4n) is 2.29. The van der Waals surface area contributed by atoms with Gasteiger partial charge in [0, 0.05) is 13.1 Å². The topological polar surface area (TPSA) is 63.4 Å². The maximum absolute atomic E-state index is 12.0. The molecule has 0 aliphatic heterocycles. The van der Waals surface area contributed by atoms with E-state index in [0.717, 1.165) is 19.3 Å². The molecule has 0 amide bonds. The van der Waals surface area contributed by atoms with Crippen LogP contribution in [0.1, 0.15) is 33.1 Å². The third-order valence-electron chi connectivity index (χ3n) is 3.39. The highest BCUT2D eigenvalue weighted by Crippen LogP contribution is 2.30. The molecule has 0 saturated heterocycles. The van der Waals surface area contributed by atoms with Crippen LogP contribution in [0.4, 0.5) is 0 Å². The summed E-state index contributed by atoms with van der Waals surface area (Å²) < 4.78 is 25.5. The van der Waals surface area contributed by atoms with Crippen molar-refractivity contribution >= 4 is 10.0 Å². The van der Waals surface area contributed by atoms with Gasteiger partial charge < -0.3 is 5.73 Å². The molecule has 1 aliphatic carbocycles. The summed E-state index contributed by atoms with van der Waals surface area (Å²) in [5.41, 5.74) is 5.66. The van der Waals surface area contributed by atoms with Crippen LogP contribution < -0.4 is 5.73 Å². The molecule has 1 saturated carbocycles. The van der Waals surface area contributed by atoms with Crippen molar-refractivity contribution in [3.63, 3.8) is 0 Å². The van der Waals surface area contributed by atoms with Gasteiger partial charge in [-0.25, -0.2) is 12.7 Å². The maximum Gasteiger partial charge on any atom is 0.216 e. The summed E-state index contributed by atoms with van der Waals surface area (Å²) in [6, 6.07) is 0.113. The highest BCUT2D eigenvalue weighted by Gasteiger charge is 2.36. The van der Waals surface area contributed by atoms with Crippen LogP contribution in [0.2, 0.25) is 0 Å². The highest BCUT2D eigenvalue weighted by molar-refractivity contribution is 7.89. The maximum atomic E-state index is 12.0. The first kappa shape index (κ1) is 12.9. The van der Waals surface area contributed by atoms with Crippen molar-refractivity contribution in [1.82, 2.24) is 4.31 Å². The Morgan fingerprint density at radius 3 is 2.47 bits per heavy atom. The standard InChI is InChI=1S/C10H22N2O2S/c1-8(2)15(13,14)12(3)10-6-4-5-9(10)7-11/h8-10H,4-7,11H2,1-3H3. The van der Waals surface area contributed by atoms with Crippen LogP contribution in [-0.2, 0) is 10.0 Å². The van der Waals surface area contributed by atoms with Crippen LogP contribution in [0.15, 0.2) is 0 Å². The number of rotatable bonds is 4. The summed E-state index contributed by atoms with van der Waals surface area (Å²) in [6.45, 7) is 4.03. The Labute approximate surface area is 92.9 Å². The molecule has 90 valence electrons. The van der Waals surface area contributed by atoms with E-state index in [4.69, 9.17) is 5.73 Å². The lowest BCUT2D eigenvalue weighted by molar-refractivity contribution is 0.302. The molecule has 4 nitrogen and oxygen atoms in total. The minimum atomic E-state index is -3.13. The molecule has 0 aromatic carbocycles. The predicted octanol–water partition coefficient (Wildman–Crippen LogP) is 0.784. The predicted molar refractivity (Wildman–Crippen MR) is 62.0 cm³/mol. The van der Waals surface area contributed by atoms with E-state index in [2.05, 4.69) is 0 Å². The number of nitrogens with zero attached hydrogens (tertiary/aromatic N) is 1. The monoisotopic (exact) mass is 234 g/mol. The molecule has 0 spiro atoms. The molecular weight excluding hydrogens is 212 g/mol. The molecule has 0 radical (unpaired) electrons. The molecule has 1 rings (SSSR count). The minimum absolute atomic E-state index is 0.113. The molecule has 2 atom stereocenters. The normalized spacial score (nSPS) is 27.9. The van der Waals surface area contributed by atoms with Crippen molar-refractivity contribution < 1.29 is 8.42 Å². The van der Waals surface area contributed by atoms with Crippen molar-refractivity contribution in [1.29, 1.82) is 0 Å². The van der Waals surface area contributed by atoms with Crippen LogP contribution in [0.3, 0.4) is 0 Å². The van der Waals surface area contributed by atoms with Crippen LogP contribution in [-0.4, -0.2) is 37.6 Å². The van der Waals surface area contributed by atoms with Crippen molar-refractivity contribution in [2.75, 3.05) is 13.6 Å². The summed E-state index contributed by atoms with van der Waals surface area (Å²) in [5, 5.41) is -0.346. The molecule has 5 heteroatoms. The van der Waals surface area contributed by atoms with E-state index < -0.39 is 10.0 Å². The average Bonchev–Trinajstić information content (AvgIpc) is 2.63. The van der Waals surface area contributed by atoms with Gasteiger partial charge in [0.25, 0.3) is 0 Å². The average molecular weight is 234 g/mol. The Hall–Kier alpha value is -0.130. The van der Waals surface area contributed by atoms with E-state index >= 15 is 0 Å². The van der Waals surface area contributed by atoms with Gasteiger partial charge in [-0.05, 0) is 39.2 Å². The van der Waals surface area contributed by atoms with Gasteiger partial charge in [0.1, 0.15) is 0 Å². The molecule has 0 heterocycles. The second-order valence-corrected chi connectivity index (χ2v) is 7.15. The van der Waals surface area contributed by atoms with E-state index in [0.29, 0.717) is 12.5 Å². The summed E-state index contributed by atoms with van der Waals surface area (Å²) in [7, 11) is -1.44. The Morgan fingerprint density at radius 1 is 1.40 bits per heavy atom. The summed E-state index contributed by atoms with van der Waals surface area (Å²) in [6.07, 6.45) is 3.09. The van der Waals surface area contributed by atoms with Gasteiger partial charge >= 0.3 is 0 Å². The summed E-state index contributed by atoms with van der Waals surface area (Å²) in [5.74, 6) is 0.337. The third kappa shape index (κ3) is 2.52. The Kier molecular flexibility index (Phi) is 4.14. The second kappa shape index (κ2) is 4.80. The lowest BCUT2D eigenvalue weighted by atomic mass is 10.0. The molecule has 2 N–H and O–H groups in total. The molecule has 0 aromatic heterocycles. The van der Waals surface area contributed by atoms with Crippen molar-refractivity contribution in [2.24, 2.45) is 11.7 Å². The zero-order chi connectivity index (χ0) is 11.6. The number of sulfonamides is 1.